The van der Waals surface area contributed by atoms with E-state index in [4.69, 9.17) is 104 Å². The molecule has 0 N–H and O–H groups in total. The Morgan fingerprint density at radius 1 is 0.276 bits per heavy atom. The Labute approximate surface area is 517 Å². The lowest BCUT2D eigenvalue weighted by atomic mass is 9.78. The van der Waals surface area contributed by atoms with Crippen LogP contribution in [0.4, 0.5) is 0 Å². The molecule has 20 unspecified atom stereocenters. The highest BCUT2D eigenvalue weighted by molar-refractivity contribution is 5.87. The Balaban J connectivity index is 1.72. The van der Waals surface area contributed by atoms with E-state index in [1.807, 2.05) is 48.5 Å². The van der Waals surface area contributed by atoms with E-state index in [0.717, 1.165) is 11.1 Å². The Bertz CT molecular complexity index is 2100. The van der Waals surface area contributed by atoms with Crippen molar-refractivity contribution in [2.24, 2.45) is 0 Å². The molecule has 0 radical (unpaired) electrons. The summed E-state index contributed by atoms with van der Waals surface area (Å²) in [4.78, 5) is 23.4. The minimum Gasteiger partial charge on any atom is -0.465 e. The van der Waals surface area contributed by atoms with Crippen LogP contribution in [0.15, 0.2) is 72.8 Å². The van der Waals surface area contributed by atoms with Gasteiger partial charge >= 0.3 is 11.9 Å². The van der Waals surface area contributed by atoms with Crippen LogP contribution in [0, 0.1) is 0 Å². The molecule has 0 saturated carbocycles. The van der Waals surface area contributed by atoms with Gasteiger partial charge in [-0.1, -0.05) is 51.3 Å². The molecule has 0 aliphatic heterocycles. The van der Waals surface area contributed by atoms with Gasteiger partial charge in [0.15, 0.2) is 113 Å². The van der Waals surface area contributed by atoms with Gasteiger partial charge in [-0.3, -0.25) is 0 Å². The molecule has 0 fully saturated rings. The number of benzene rings is 2. The predicted molar refractivity (Wildman–Crippen MR) is 317 cm³/mol. The summed E-state index contributed by atoms with van der Waals surface area (Å²) in [5.74, 6) is 0.120. The van der Waals surface area contributed by atoms with Crippen molar-refractivity contribution >= 4 is 11.9 Å². The van der Waals surface area contributed by atoms with Gasteiger partial charge < -0.3 is 104 Å². The van der Waals surface area contributed by atoms with Crippen molar-refractivity contribution in [3.05, 3.63) is 84.0 Å². The molecule has 24 heteroatoms. The first-order valence-corrected chi connectivity index (χ1v) is 29.5. The molecule has 0 aliphatic carbocycles. The summed E-state index contributed by atoms with van der Waals surface area (Å²) in [5.41, 5.74) is 2.30. The van der Waals surface area contributed by atoms with E-state index in [0.29, 0.717) is 11.5 Å². The van der Waals surface area contributed by atoms with Crippen molar-refractivity contribution in [2.45, 2.75) is 297 Å². The van der Waals surface area contributed by atoms with Crippen LogP contribution in [0.25, 0.3) is 0 Å². The van der Waals surface area contributed by atoms with E-state index in [-0.39, 0.29) is 16.6 Å². The van der Waals surface area contributed by atoms with Gasteiger partial charge in [0.2, 0.25) is 12.6 Å². The number of rotatable bonds is 46. The minimum absolute atomic E-state index is 0.262. The highest BCUT2D eigenvalue weighted by Gasteiger charge is 2.27. The Kier molecular flexibility index (Phi) is 36.0. The molecule has 2 rings (SSSR count). The van der Waals surface area contributed by atoms with Gasteiger partial charge in [-0.05, 0) is 188 Å². The van der Waals surface area contributed by atoms with Crippen LogP contribution in [-0.4, -0.2) is 138 Å². The number of carbonyl (C=O) groups is 2. The van der Waals surface area contributed by atoms with E-state index < -0.39 is 138 Å². The molecule has 20 atom stereocenters. The lowest BCUT2D eigenvalue weighted by Crippen LogP contribution is -2.34. The average Bonchev–Trinajstić information content (AvgIpc) is 1.98. The molecule has 0 amide bonds. The van der Waals surface area contributed by atoms with E-state index in [2.05, 4.69) is 27.0 Å². The Morgan fingerprint density at radius 3 is 0.586 bits per heavy atom. The van der Waals surface area contributed by atoms with Crippen molar-refractivity contribution in [2.75, 3.05) is 0 Å². The smallest absolute Gasteiger partial charge is 0.335 e. The number of hydrogen-bond donors (Lipinski definition) is 0. The Hall–Kier alpha value is -4.26. The Morgan fingerprint density at radius 2 is 0.425 bits per heavy atom. The third kappa shape index (κ3) is 33.9. The molecule has 2 aromatic carbocycles. The molecule has 0 bridgehead atoms. The van der Waals surface area contributed by atoms with Crippen molar-refractivity contribution in [3.8, 4) is 11.5 Å². The largest absolute Gasteiger partial charge is 0.465 e. The van der Waals surface area contributed by atoms with Crippen molar-refractivity contribution < 1.29 is 114 Å². The first-order valence-electron chi connectivity index (χ1n) is 29.5. The second-order valence-corrected chi connectivity index (χ2v) is 21.1. The maximum Gasteiger partial charge on any atom is 0.335 e. The summed E-state index contributed by atoms with van der Waals surface area (Å²) in [6.45, 7) is 48.5. The molecule has 0 heterocycles. The normalized spacial score (nSPS) is 19.1. The number of ether oxygens (including phenoxy) is 22. The molecular formula is C63H104O24. The topological polar surface area (TPSA) is 237 Å². The van der Waals surface area contributed by atoms with Gasteiger partial charge in [-0.25, -0.2) is 9.59 Å². The standard InChI is InChI=1S/C63H104O24/c1-35(2)61(64)86-55(23)82-51(19)78-47(15)74-43(11)70-39(7)66-37(5)68-41(9)72-45(13)76-49(17)80-53(21)84-59-31-27-57(28-32-59)63(25,26)58-29-33-60(34-30-58)85-54(22)81-50(18)77-46(14)73-42(10)69-38(6)67-40(8)71-44(12)75-48(16)79-52(20)83-56(24)87-62(65)36(3)4/h27-34,37-56H,1,3H2,2,4-26H3. The molecule has 2 aromatic rings. The molecule has 500 valence electrons. The summed E-state index contributed by atoms with van der Waals surface area (Å²) >= 11 is 0. The number of hydrogen-bond acceptors (Lipinski definition) is 24. The molecule has 0 saturated heterocycles. The van der Waals surface area contributed by atoms with Crippen LogP contribution >= 0.6 is 0 Å². The zero-order valence-electron chi connectivity index (χ0n) is 55.9. The van der Waals surface area contributed by atoms with Crippen LogP contribution in [0.2, 0.25) is 0 Å². The fraction of sp³-hybridized carbons (Fsp3) is 0.714. The van der Waals surface area contributed by atoms with Crippen molar-refractivity contribution in [1.29, 1.82) is 0 Å². The molecular weight excluding hydrogens is 1140 g/mol. The average molecular weight is 1250 g/mol. The van der Waals surface area contributed by atoms with Crippen LogP contribution in [0.1, 0.15) is 177 Å². The fourth-order valence-corrected chi connectivity index (χ4v) is 8.43. The molecule has 87 heavy (non-hydrogen) atoms. The third-order valence-corrected chi connectivity index (χ3v) is 11.9. The van der Waals surface area contributed by atoms with E-state index in [1.165, 1.54) is 0 Å². The second kappa shape index (κ2) is 39.8. The predicted octanol–water partition coefficient (Wildman–Crippen LogP) is 12.2. The first-order chi connectivity index (χ1) is 40.5. The highest BCUT2D eigenvalue weighted by Crippen LogP contribution is 2.34. The van der Waals surface area contributed by atoms with Gasteiger partial charge in [-0.2, -0.15) is 0 Å². The summed E-state index contributed by atoms with van der Waals surface area (Å²) in [6, 6.07) is 15.7. The summed E-state index contributed by atoms with van der Waals surface area (Å²) < 4.78 is 127. The number of carbonyl (C=O) groups excluding carboxylic acids is 2. The van der Waals surface area contributed by atoms with Gasteiger partial charge in [-0.15, -0.1) is 0 Å². The monoisotopic (exact) mass is 1240 g/mol. The lowest BCUT2D eigenvalue weighted by Gasteiger charge is -2.29. The summed E-state index contributed by atoms with van der Waals surface area (Å²) in [7, 11) is 0. The van der Waals surface area contributed by atoms with Crippen molar-refractivity contribution in [3.63, 3.8) is 0 Å². The molecule has 0 aliphatic rings. The fourth-order valence-electron chi connectivity index (χ4n) is 8.43. The van der Waals surface area contributed by atoms with Gasteiger partial charge in [0.1, 0.15) is 11.5 Å². The van der Waals surface area contributed by atoms with E-state index in [9.17, 15) is 9.59 Å². The minimum atomic E-state index is -0.848. The molecule has 0 spiro atoms. The van der Waals surface area contributed by atoms with Crippen LogP contribution in [0.3, 0.4) is 0 Å². The molecule has 24 nitrogen and oxygen atoms in total. The highest BCUT2D eigenvalue weighted by atomic mass is 16.9. The van der Waals surface area contributed by atoms with Crippen molar-refractivity contribution in [1.82, 2.24) is 0 Å². The SMILES string of the molecule is C=C(C)C(=O)OC(C)OC(C)OC(C)OC(C)OC(C)OC(C)OC(C)OC(C)OC(C)OC(C)Oc1ccc(C(C)(C)c2ccc(OC(C)OC(C)OC(C)OC(C)OC(C)OC(C)OC(C)OC(C)OC(C)OC(C)OC(=O)C(=C)C)cc2)cc1. The second-order valence-electron chi connectivity index (χ2n) is 21.1. The third-order valence-electron chi connectivity index (χ3n) is 11.9. The first kappa shape index (κ1) is 78.8. The van der Waals surface area contributed by atoms with Gasteiger partial charge in [0, 0.05) is 16.6 Å². The van der Waals surface area contributed by atoms with E-state index >= 15 is 0 Å². The van der Waals surface area contributed by atoms with Crippen LogP contribution < -0.4 is 9.47 Å². The van der Waals surface area contributed by atoms with Crippen LogP contribution in [-0.2, 0) is 110 Å². The van der Waals surface area contributed by atoms with Crippen LogP contribution in [0.5, 0.6) is 11.5 Å². The van der Waals surface area contributed by atoms with Gasteiger partial charge in [0.05, 0.1) is 0 Å². The maximum atomic E-state index is 11.7. The lowest BCUT2D eigenvalue weighted by molar-refractivity contribution is -0.351. The summed E-state index contributed by atoms with van der Waals surface area (Å²) in [5, 5.41) is 0. The number of esters is 2. The maximum absolute atomic E-state index is 11.7. The van der Waals surface area contributed by atoms with Gasteiger partial charge in [0.25, 0.3) is 0 Å². The summed E-state index contributed by atoms with van der Waals surface area (Å²) in [6.07, 6.45) is -14.5. The molecule has 0 aromatic heterocycles. The zero-order chi connectivity index (χ0) is 65.9. The van der Waals surface area contributed by atoms with E-state index in [1.54, 1.807) is 152 Å². The quantitative estimate of drug-likeness (QED) is 0.0340. The zero-order valence-corrected chi connectivity index (χ0v) is 55.9.